The standard InChI is InChI=1S/C18H21FN2O4S/c19-13-9-14-11(4-5-16(22)20-14)8-15(13)26(24,25)21-17(23)12-10-18(12)6-2-1-3-7-18/h8-9,12H,1-7,10H2,(H,20,22)(H,21,23). The fourth-order valence-corrected chi connectivity index (χ4v) is 5.50. The van der Waals surface area contributed by atoms with Gasteiger partial charge in [0.1, 0.15) is 10.7 Å². The van der Waals surface area contributed by atoms with Crippen molar-refractivity contribution >= 4 is 27.5 Å². The predicted molar refractivity (Wildman–Crippen MR) is 92.3 cm³/mol. The number of hydrogen-bond donors (Lipinski definition) is 2. The van der Waals surface area contributed by atoms with Crippen LogP contribution in [-0.2, 0) is 26.0 Å². The number of sulfonamides is 1. The summed E-state index contributed by atoms with van der Waals surface area (Å²) in [6, 6.07) is 2.22. The number of nitrogens with one attached hydrogen (secondary N) is 2. The van der Waals surface area contributed by atoms with E-state index in [1.165, 1.54) is 6.07 Å². The Bertz CT molecular complexity index is 891. The minimum atomic E-state index is -4.28. The van der Waals surface area contributed by atoms with Crippen LogP contribution in [0.3, 0.4) is 0 Å². The molecule has 4 rings (SSSR count). The topological polar surface area (TPSA) is 92.3 Å². The van der Waals surface area contributed by atoms with Crippen molar-refractivity contribution < 1.29 is 22.4 Å². The molecule has 2 saturated carbocycles. The van der Waals surface area contributed by atoms with Crippen LogP contribution in [0.15, 0.2) is 17.0 Å². The zero-order chi connectivity index (χ0) is 18.5. The van der Waals surface area contributed by atoms with Crippen molar-refractivity contribution in [2.24, 2.45) is 11.3 Å². The van der Waals surface area contributed by atoms with Gasteiger partial charge in [-0.2, -0.15) is 0 Å². The molecule has 6 nitrogen and oxygen atoms in total. The van der Waals surface area contributed by atoms with E-state index < -0.39 is 26.6 Å². The highest BCUT2D eigenvalue weighted by atomic mass is 32.2. The minimum Gasteiger partial charge on any atom is -0.326 e. The first-order valence-electron chi connectivity index (χ1n) is 9.00. The van der Waals surface area contributed by atoms with Crippen LogP contribution in [0, 0.1) is 17.2 Å². The van der Waals surface area contributed by atoms with E-state index >= 15 is 0 Å². The van der Waals surface area contributed by atoms with Gasteiger partial charge in [0.2, 0.25) is 11.8 Å². The Morgan fingerprint density at radius 3 is 2.65 bits per heavy atom. The molecule has 8 heteroatoms. The summed E-state index contributed by atoms with van der Waals surface area (Å²) >= 11 is 0. The maximum Gasteiger partial charge on any atom is 0.266 e. The molecule has 26 heavy (non-hydrogen) atoms. The Morgan fingerprint density at radius 2 is 1.92 bits per heavy atom. The number of benzene rings is 1. The molecular weight excluding hydrogens is 359 g/mol. The summed E-state index contributed by atoms with van der Waals surface area (Å²) in [6.45, 7) is 0. The number of carbonyl (C=O) groups is 2. The summed E-state index contributed by atoms with van der Waals surface area (Å²) < 4.78 is 41.5. The number of amides is 2. The number of aryl methyl sites for hydroxylation is 1. The molecule has 1 atom stereocenters. The number of anilines is 1. The Balaban J connectivity index is 1.54. The van der Waals surface area contributed by atoms with E-state index in [2.05, 4.69) is 10.0 Å². The van der Waals surface area contributed by atoms with Gasteiger partial charge in [-0.3, -0.25) is 9.59 Å². The summed E-state index contributed by atoms with van der Waals surface area (Å²) in [5.41, 5.74) is 0.789. The highest BCUT2D eigenvalue weighted by Gasteiger charge is 2.58. The maximum atomic E-state index is 14.3. The molecule has 2 N–H and O–H groups in total. The highest BCUT2D eigenvalue weighted by molar-refractivity contribution is 7.90. The quantitative estimate of drug-likeness (QED) is 0.843. The van der Waals surface area contributed by atoms with Gasteiger partial charge in [0.15, 0.2) is 0 Å². The molecule has 2 aliphatic carbocycles. The molecule has 1 unspecified atom stereocenters. The van der Waals surface area contributed by atoms with Crippen LogP contribution >= 0.6 is 0 Å². The second kappa shape index (κ2) is 6.04. The first-order chi connectivity index (χ1) is 12.3. The molecule has 2 fully saturated rings. The fraction of sp³-hybridized carbons (Fsp3) is 0.556. The zero-order valence-electron chi connectivity index (χ0n) is 14.3. The van der Waals surface area contributed by atoms with E-state index in [4.69, 9.17) is 0 Å². The van der Waals surface area contributed by atoms with Gasteiger partial charge in [-0.25, -0.2) is 17.5 Å². The second-order valence-corrected chi connectivity index (χ2v) is 9.29. The van der Waals surface area contributed by atoms with E-state index in [-0.39, 0.29) is 29.3 Å². The molecule has 1 heterocycles. The van der Waals surface area contributed by atoms with E-state index in [1.54, 1.807) is 0 Å². The van der Waals surface area contributed by atoms with Gasteiger partial charge in [-0.05, 0) is 48.8 Å². The second-order valence-electron chi connectivity index (χ2n) is 7.64. The largest absolute Gasteiger partial charge is 0.326 e. The Kier molecular flexibility index (Phi) is 4.06. The van der Waals surface area contributed by atoms with Crippen LogP contribution in [0.25, 0.3) is 0 Å². The molecule has 3 aliphatic rings. The van der Waals surface area contributed by atoms with Gasteiger partial charge >= 0.3 is 0 Å². The van der Waals surface area contributed by atoms with Crippen molar-refractivity contribution in [3.05, 3.63) is 23.5 Å². The molecule has 0 radical (unpaired) electrons. The van der Waals surface area contributed by atoms with E-state index in [0.717, 1.165) is 38.2 Å². The number of fused-ring (bicyclic) bond motifs is 1. The van der Waals surface area contributed by atoms with Gasteiger partial charge in [0.25, 0.3) is 10.0 Å². The average Bonchev–Trinajstić information content (AvgIpc) is 3.27. The third-order valence-electron chi connectivity index (χ3n) is 5.93. The molecular formula is C18H21FN2O4S. The van der Waals surface area contributed by atoms with E-state index in [0.29, 0.717) is 18.4 Å². The minimum absolute atomic E-state index is 0.0451. The smallest absolute Gasteiger partial charge is 0.266 e. The molecule has 0 bridgehead atoms. The molecule has 1 aromatic carbocycles. The molecule has 1 aliphatic heterocycles. The third kappa shape index (κ3) is 3.00. The van der Waals surface area contributed by atoms with Crippen molar-refractivity contribution in [2.75, 3.05) is 5.32 Å². The van der Waals surface area contributed by atoms with Crippen LogP contribution < -0.4 is 10.0 Å². The number of carbonyl (C=O) groups excluding carboxylic acids is 2. The molecule has 1 aromatic rings. The predicted octanol–water partition coefficient (Wildman–Crippen LogP) is 2.49. The molecule has 0 aromatic heterocycles. The van der Waals surface area contributed by atoms with E-state index in [1.807, 2.05) is 0 Å². The fourth-order valence-electron chi connectivity index (χ4n) is 4.37. The van der Waals surface area contributed by atoms with Crippen molar-refractivity contribution in [1.82, 2.24) is 4.72 Å². The summed E-state index contributed by atoms with van der Waals surface area (Å²) in [4.78, 5) is 23.3. The summed E-state index contributed by atoms with van der Waals surface area (Å²) in [6.07, 6.45) is 6.48. The molecule has 140 valence electrons. The SMILES string of the molecule is O=C1CCc2cc(S(=O)(=O)NC(=O)C3CC34CCCCC4)c(F)cc2N1. The van der Waals surface area contributed by atoms with Gasteiger partial charge in [0.05, 0.1) is 0 Å². The average molecular weight is 380 g/mol. The van der Waals surface area contributed by atoms with E-state index in [9.17, 15) is 22.4 Å². The molecule has 1 spiro atoms. The highest BCUT2D eigenvalue weighted by Crippen LogP contribution is 2.61. The van der Waals surface area contributed by atoms with Crippen LogP contribution in [0.2, 0.25) is 0 Å². The normalized spacial score (nSPS) is 23.9. The van der Waals surface area contributed by atoms with Gasteiger partial charge < -0.3 is 5.32 Å². The zero-order valence-corrected chi connectivity index (χ0v) is 15.1. The van der Waals surface area contributed by atoms with Gasteiger partial charge in [-0.15, -0.1) is 0 Å². The number of hydrogen-bond acceptors (Lipinski definition) is 4. The Morgan fingerprint density at radius 1 is 1.19 bits per heavy atom. The summed E-state index contributed by atoms with van der Waals surface area (Å²) in [5.74, 6) is -2.03. The van der Waals surface area contributed by atoms with Crippen LogP contribution in [0.4, 0.5) is 10.1 Å². The lowest BCUT2D eigenvalue weighted by Crippen LogP contribution is -2.34. The van der Waals surface area contributed by atoms with Crippen molar-refractivity contribution in [3.63, 3.8) is 0 Å². The summed E-state index contributed by atoms with van der Waals surface area (Å²) in [7, 11) is -4.28. The Hall–Kier alpha value is -1.96. The van der Waals surface area contributed by atoms with Crippen LogP contribution in [-0.4, -0.2) is 20.2 Å². The van der Waals surface area contributed by atoms with Gasteiger partial charge in [0, 0.05) is 18.0 Å². The van der Waals surface area contributed by atoms with Crippen molar-refractivity contribution in [2.45, 2.75) is 56.3 Å². The lowest BCUT2D eigenvalue weighted by atomic mass is 9.84. The molecule has 2 amide bonds. The van der Waals surface area contributed by atoms with Crippen LogP contribution in [0.1, 0.15) is 50.5 Å². The lowest BCUT2D eigenvalue weighted by molar-refractivity contribution is -0.121. The van der Waals surface area contributed by atoms with Crippen molar-refractivity contribution in [1.29, 1.82) is 0 Å². The molecule has 0 saturated heterocycles. The van der Waals surface area contributed by atoms with Crippen LogP contribution in [0.5, 0.6) is 0 Å². The monoisotopic (exact) mass is 380 g/mol. The third-order valence-corrected chi connectivity index (χ3v) is 7.30. The van der Waals surface area contributed by atoms with Gasteiger partial charge in [-0.1, -0.05) is 19.3 Å². The number of rotatable bonds is 3. The first kappa shape index (κ1) is 17.5. The lowest BCUT2D eigenvalue weighted by Gasteiger charge is -2.22. The summed E-state index contributed by atoms with van der Waals surface area (Å²) in [5, 5.41) is 2.53. The first-order valence-corrected chi connectivity index (χ1v) is 10.5. The van der Waals surface area contributed by atoms with Crippen molar-refractivity contribution in [3.8, 4) is 0 Å². The Labute approximate surface area is 151 Å². The maximum absolute atomic E-state index is 14.3. The number of halogens is 1.